The van der Waals surface area contributed by atoms with Gasteiger partial charge in [0.15, 0.2) is 0 Å². The molecule has 0 saturated carbocycles. The fourth-order valence-electron chi connectivity index (χ4n) is 1.22. The van der Waals surface area contributed by atoms with Gasteiger partial charge in [-0.1, -0.05) is 13.8 Å². The van der Waals surface area contributed by atoms with Gasteiger partial charge < -0.3 is 4.74 Å². The molecule has 114 valence electrons. The van der Waals surface area contributed by atoms with E-state index in [2.05, 4.69) is 18.7 Å². The number of hydrogen-bond acceptors (Lipinski definition) is 6. The van der Waals surface area contributed by atoms with Gasteiger partial charge in [-0.05, 0) is 39.5 Å². The number of esters is 1. The quantitative estimate of drug-likeness (QED) is 0.302. The van der Waals surface area contributed by atoms with Crippen molar-refractivity contribution < 1.29 is 29.5 Å². The molecule has 0 heterocycles. The third-order valence-electron chi connectivity index (χ3n) is 2.57. The van der Waals surface area contributed by atoms with Crippen molar-refractivity contribution >= 4 is 5.97 Å². The first-order chi connectivity index (χ1) is 8.67. The molecule has 0 rings (SSSR count). The second-order valence-electron chi connectivity index (χ2n) is 5.62. The average molecular weight is 278 g/mol. The van der Waals surface area contributed by atoms with Gasteiger partial charge in [0, 0.05) is 6.92 Å². The summed E-state index contributed by atoms with van der Waals surface area (Å²) < 4.78 is 4.73. The van der Waals surface area contributed by atoms with Crippen LogP contribution in [-0.4, -0.2) is 29.2 Å². The summed E-state index contributed by atoms with van der Waals surface area (Å²) in [4.78, 5) is 25.8. The first kappa shape index (κ1) is 18.3. The summed E-state index contributed by atoms with van der Waals surface area (Å²) in [6.45, 7) is 10.9. The Balaban J connectivity index is 4.43. The van der Waals surface area contributed by atoms with Crippen LogP contribution in [0.1, 0.15) is 54.4 Å². The smallest absolute Gasteiger partial charge is 0.372 e. The minimum absolute atomic E-state index is 0.151. The van der Waals surface area contributed by atoms with E-state index in [1.54, 1.807) is 6.92 Å². The molecule has 0 aromatic carbocycles. The van der Waals surface area contributed by atoms with Gasteiger partial charge in [0.25, 0.3) is 0 Å². The van der Waals surface area contributed by atoms with Gasteiger partial charge in [-0.25, -0.2) is 14.9 Å². The zero-order valence-electron chi connectivity index (χ0n) is 12.7. The molecule has 0 spiro atoms. The van der Waals surface area contributed by atoms with Crippen molar-refractivity contribution in [2.75, 3.05) is 6.61 Å². The normalized spacial score (nSPS) is 15.4. The summed E-state index contributed by atoms with van der Waals surface area (Å²) in [6.07, 6.45) is 1.70. The molecule has 0 aromatic heterocycles. The molecular weight excluding hydrogens is 252 g/mol. The van der Waals surface area contributed by atoms with E-state index in [1.165, 1.54) is 6.92 Å². The van der Waals surface area contributed by atoms with Crippen LogP contribution in [0.15, 0.2) is 0 Å². The topological polar surface area (TPSA) is 74.2 Å². The second kappa shape index (κ2) is 7.79. The Labute approximate surface area is 114 Å². The van der Waals surface area contributed by atoms with E-state index in [1.807, 2.05) is 13.8 Å². The van der Waals surface area contributed by atoms with Crippen molar-refractivity contribution in [2.45, 2.75) is 65.8 Å². The third-order valence-corrected chi connectivity index (χ3v) is 2.57. The number of rotatable bonds is 9. The maximum atomic E-state index is 11.6. The van der Waals surface area contributed by atoms with Gasteiger partial charge in [-0.2, -0.15) is 9.78 Å². The molecule has 1 N–H and O–H groups in total. The van der Waals surface area contributed by atoms with Crippen LogP contribution in [0.25, 0.3) is 0 Å². The number of hydrogen-bond donors (Lipinski definition) is 1. The van der Waals surface area contributed by atoms with Crippen LogP contribution >= 0.6 is 0 Å². The predicted molar refractivity (Wildman–Crippen MR) is 69.1 cm³/mol. The number of carbonyl (C=O) groups is 1. The Kier molecular flexibility index (Phi) is 7.51. The molecule has 1 atom stereocenters. The molecule has 0 fully saturated rings. The van der Waals surface area contributed by atoms with Crippen LogP contribution in [-0.2, 0) is 24.2 Å². The SMILES string of the molecule is CCOC(=O)C(C)(OO)OOC(C)(C)CCC(C)C. The maximum absolute atomic E-state index is 11.6. The number of ether oxygens (including phenoxy) is 1. The van der Waals surface area contributed by atoms with E-state index in [9.17, 15) is 4.79 Å². The molecule has 0 bridgehead atoms. The summed E-state index contributed by atoms with van der Waals surface area (Å²) >= 11 is 0. The van der Waals surface area contributed by atoms with E-state index < -0.39 is 17.4 Å². The van der Waals surface area contributed by atoms with Crippen molar-refractivity contribution in [1.29, 1.82) is 0 Å². The van der Waals surface area contributed by atoms with Gasteiger partial charge in [0.05, 0.1) is 12.2 Å². The molecule has 0 aliphatic rings. The van der Waals surface area contributed by atoms with Crippen LogP contribution < -0.4 is 0 Å². The van der Waals surface area contributed by atoms with Crippen LogP contribution in [0.4, 0.5) is 0 Å². The van der Waals surface area contributed by atoms with Gasteiger partial charge >= 0.3 is 11.8 Å². The summed E-state index contributed by atoms with van der Waals surface area (Å²) in [5.41, 5.74) is -0.601. The van der Waals surface area contributed by atoms with Crippen LogP contribution in [0.3, 0.4) is 0 Å². The monoisotopic (exact) mass is 278 g/mol. The van der Waals surface area contributed by atoms with Crippen molar-refractivity contribution in [3.05, 3.63) is 0 Å². The molecule has 0 aromatic rings. The Morgan fingerprint density at radius 2 is 1.79 bits per heavy atom. The van der Waals surface area contributed by atoms with Crippen molar-refractivity contribution in [3.63, 3.8) is 0 Å². The highest BCUT2D eigenvalue weighted by Gasteiger charge is 2.41. The van der Waals surface area contributed by atoms with Gasteiger partial charge in [-0.3, -0.25) is 0 Å². The Bertz CT molecular complexity index is 276. The lowest BCUT2D eigenvalue weighted by Gasteiger charge is -2.29. The molecule has 0 aliphatic carbocycles. The van der Waals surface area contributed by atoms with Gasteiger partial charge in [0.1, 0.15) is 0 Å². The van der Waals surface area contributed by atoms with E-state index in [-0.39, 0.29) is 6.61 Å². The zero-order chi connectivity index (χ0) is 15.1. The Hall–Kier alpha value is -0.690. The zero-order valence-corrected chi connectivity index (χ0v) is 12.7. The molecule has 19 heavy (non-hydrogen) atoms. The second-order valence-corrected chi connectivity index (χ2v) is 5.62. The molecule has 1 unspecified atom stereocenters. The van der Waals surface area contributed by atoms with Crippen LogP contribution in [0.2, 0.25) is 0 Å². The lowest BCUT2D eigenvalue weighted by Crippen LogP contribution is -2.44. The van der Waals surface area contributed by atoms with E-state index in [0.717, 1.165) is 12.8 Å². The standard InChI is InChI=1S/C13H26O6/c1-7-16-11(14)13(6,17-15)19-18-12(4,5)9-8-10(2)3/h10,15H,7-9H2,1-6H3. The van der Waals surface area contributed by atoms with Gasteiger partial charge in [0.2, 0.25) is 0 Å². The minimum Gasteiger partial charge on any atom is -0.462 e. The first-order valence-corrected chi connectivity index (χ1v) is 6.53. The molecule has 6 nitrogen and oxygen atoms in total. The third kappa shape index (κ3) is 6.87. The highest BCUT2D eigenvalue weighted by atomic mass is 17.3. The lowest BCUT2D eigenvalue weighted by molar-refractivity contribution is -0.501. The summed E-state index contributed by atoms with van der Waals surface area (Å²) in [5, 5.41) is 8.79. The lowest BCUT2D eigenvalue weighted by atomic mass is 9.97. The highest BCUT2D eigenvalue weighted by Crippen LogP contribution is 2.24. The largest absolute Gasteiger partial charge is 0.462 e. The van der Waals surface area contributed by atoms with E-state index in [4.69, 9.17) is 19.8 Å². The maximum Gasteiger partial charge on any atom is 0.372 e. The molecular formula is C13H26O6. The van der Waals surface area contributed by atoms with Crippen LogP contribution in [0, 0.1) is 5.92 Å². The molecule has 0 amide bonds. The van der Waals surface area contributed by atoms with E-state index >= 15 is 0 Å². The minimum atomic E-state index is -1.98. The summed E-state index contributed by atoms with van der Waals surface area (Å²) in [6, 6.07) is 0. The van der Waals surface area contributed by atoms with Gasteiger partial charge in [-0.15, -0.1) is 0 Å². The first-order valence-electron chi connectivity index (χ1n) is 6.53. The van der Waals surface area contributed by atoms with Crippen LogP contribution in [0.5, 0.6) is 0 Å². The average Bonchev–Trinajstić information content (AvgIpc) is 2.34. The highest BCUT2D eigenvalue weighted by molar-refractivity contribution is 5.77. The summed E-state index contributed by atoms with van der Waals surface area (Å²) in [7, 11) is 0. The Morgan fingerprint density at radius 1 is 1.21 bits per heavy atom. The fourth-order valence-corrected chi connectivity index (χ4v) is 1.22. The Morgan fingerprint density at radius 3 is 2.21 bits per heavy atom. The van der Waals surface area contributed by atoms with Crippen molar-refractivity contribution in [3.8, 4) is 0 Å². The molecule has 0 aliphatic heterocycles. The number of carbonyl (C=O) groups excluding carboxylic acids is 1. The predicted octanol–water partition coefficient (Wildman–Crippen LogP) is 2.92. The van der Waals surface area contributed by atoms with E-state index in [0.29, 0.717) is 5.92 Å². The van der Waals surface area contributed by atoms with Crippen molar-refractivity contribution in [1.82, 2.24) is 0 Å². The molecule has 0 saturated heterocycles. The fraction of sp³-hybridized carbons (Fsp3) is 0.923. The molecule has 6 heteroatoms. The van der Waals surface area contributed by atoms with Crippen molar-refractivity contribution in [2.24, 2.45) is 5.92 Å². The molecule has 0 radical (unpaired) electrons. The summed E-state index contributed by atoms with van der Waals surface area (Å²) in [5.74, 6) is -2.30.